The minimum absolute atomic E-state index is 0.383. The molecule has 0 bridgehead atoms. The van der Waals surface area contributed by atoms with E-state index in [0.717, 1.165) is 11.6 Å². The van der Waals surface area contributed by atoms with E-state index in [1.165, 1.54) is 30.5 Å². The highest BCUT2D eigenvalue weighted by molar-refractivity contribution is 5.58. The van der Waals surface area contributed by atoms with Gasteiger partial charge in [0.1, 0.15) is 0 Å². The second-order valence-electron chi connectivity index (χ2n) is 6.21. The van der Waals surface area contributed by atoms with E-state index in [9.17, 15) is 0 Å². The molecule has 0 saturated heterocycles. The molecule has 0 aliphatic heterocycles. The lowest BCUT2D eigenvalue weighted by Gasteiger charge is -2.27. The van der Waals surface area contributed by atoms with E-state index >= 15 is 0 Å². The Bertz CT molecular complexity index is 559. The molecular formula is C20H28N2. The molecular weight excluding hydrogens is 268 g/mol. The molecule has 1 aromatic heterocycles. The largest absolute Gasteiger partial charge is 0.301 e. The van der Waals surface area contributed by atoms with Crippen LogP contribution >= 0.6 is 0 Å². The third-order valence-corrected chi connectivity index (χ3v) is 4.52. The smallest absolute Gasteiger partial charge is 0.0706 e. The zero-order chi connectivity index (χ0) is 15.9. The van der Waals surface area contributed by atoms with Crippen LogP contribution in [-0.4, -0.2) is 24.0 Å². The van der Waals surface area contributed by atoms with E-state index < -0.39 is 0 Å². The number of nitrogens with zero attached hydrogens (tertiary/aromatic N) is 2. The molecule has 2 heteroatoms. The Labute approximate surface area is 135 Å². The van der Waals surface area contributed by atoms with Crippen LogP contribution in [0.5, 0.6) is 0 Å². The summed E-state index contributed by atoms with van der Waals surface area (Å²) in [6, 6.07) is 17.2. The van der Waals surface area contributed by atoms with E-state index in [1.807, 2.05) is 6.07 Å². The Hall–Kier alpha value is -1.67. The predicted octanol–water partition coefficient (Wildman–Crippen LogP) is 5.18. The fraction of sp³-hybridized carbons (Fsp3) is 0.450. The average molecular weight is 296 g/mol. The number of rotatable bonds is 7. The molecule has 0 N–H and O–H groups in total. The molecule has 1 unspecified atom stereocenters. The summed E-state index contributed by atoms with van der Waals surface area (Å²) >= 11 is 0. The maximum Gasteiger partial charge on any atom is 0.0706 e. The molecule has 0 aliphatic carbocycles. The zero-order valence-corrected chi connectivity index (χ0v) is 14.3. The van der Waals surface area contributed by atoms with Crippen LogP contribution in [0.25, 0.3) is 11.3 Å². The number of hydrogen-bond acceptors (Lipinski definition) is 2. The Balaban J connectivity index is 2.29. The third-order valence-electron chi connectivity index (χ3n) is 4.52. The van der Waals surface area contributed by atoms with Crippen LogP contribution in [0.4, 0.5) is 0 Å². The first-order valence-electron chi connectivity index (χ1n) is 8.34. The SMILES string of the molecule is CCC(CC)CC(c1cccc(-c2ccccc2)n1)N(C)C. The van der Waals surface area contributed by atoms with Gasteiger partial charge in [-0.25, -0.2) is 0 Å². The summed E-state index contributed by atoms with van der Waals surface area (Å²) in [5.74, 6) is 0.759. The normalized spacial score (nSPS) is 12.8. The van der Waals surface area contributed by atoms with Crippen LogP contribution in [-0.2, 0) is 0 Å². The molecule has 0 amide bonds. The lowest BCUT2D eigenvalue weighted by atomic mass is 9.92. The molecule has 118 valence electrons. The van der Waals surface area contributed by atoms with Gasteiger partial charge < -0.3 is 4.90 Å². The number of aromatic nitrogens is 1. The molecule has 2 nitrogen and oxygen atoms in total. The van der Waals surface area contributed by atoms with Gasteiger partial charge >= 0.3 is 0 Å². The highest BCUT2D eigenvalue weighted by atomic mass is 15.1. The molecule has 0 aliphatic rings. The first-order valence-corrected chi connectivity index (χ1v) is 8.34. The van der Waals surface area contributed by atoms with Crippen molar-refractivity contribution in [1.29, 1.82) is 0 Å². The summed E-state index contributed by atoms with van der Waals surface area (Å²) < 4.78 is 0. The molecule has 1 aromatic carbocycles. The van der Waals surface area contributed by atoms with Gasteiger partial charge in [-0.1, -0.05) is 63.1 Å². The van der Waals surface area contributed by atoms with Gasteiger partial charge in [-0.05, 0) is 38.6 Å². The van der Waals surface area contributed by atoms with Crippen molar-refractivity contribution in [2.75, 3.05) is 14.1 Å². The summed E-state index contributed by atoms with van der Waals surface area (Å²) in [5.41, 5.74) is 3.43. The Morgan fingerprint density at radius 2 is 1.59 bits per heavy atom. The first-order chi connectivity index (χ1) is 10.7. The van der Waals surface area contributed by atoms with Crippen LogP contribution in [0.15, 0.2) is 48.5 Å². The Morgan fingerprint density at radius 1 is 0.909 bits per heavy atom. The topological polar surface area (TPSA) is 16.1 Å². The van der Waals surface area contributed by atoms with Crippen molar-refractivity contribution < 1.29 is 0 Å². The fourth-order valence-corrected chi connectivity index (χ4v) is 2.94. The first kappa shape index (κ1) is 16.7. The second kappa shape index (κ2) is 8.09. The molecule has 0 fully saturated rings. The maximum atomic E-state index is 4.94. The van der Waals surface area contributed by atoms with Gasteiger partial charge in [0.05, 0.1) is 17.4 Å². The Kier molecular flexibility index (Phi) is 6.14. The van der Waals surface area contributed by atoms with E-state index in [1.54, 1.807) is 0 Å². The molecule has 22 heavy (non-hydrogen) atoms. The predicted molar refractivity (Wildman–Crippen MR) is 94.8 cm³/mol. The van der Waals surface area contributed by atoms with Crippen LogP contribution in [0.2, 0.25) is 0 Å². The van der Waals surface area contributed by atoms with E-state index in [0.29, 0.717) is 6.04 Å². The third kappa shape index (κ3) is 4.17. The molecule has 1 heterocycles. The second-order valence-corrected chi connectivity index (χ2v) is 6.21. The van der Waals surface area contributed by atoms with Gasteiger partial charge in [0.25, 0.3) is 0 Å². The molecule has 2 rings (SSSR count). The molecule has 1 atom stereocenters. The van der Waals surface area contributed by atoms with Crippen molar-refractivity contribution in [3.8, 4) is 11.3 Å². The minimum Gasteiger partial charge on any atom is -0.301 e. The molecule has 0 saturated carbocycles. The molecule has 0 radical (unpaired) electrons. The quantitative estimate of drug-likeness (QED) is 0.700. The average Bonchev–Trinajstić information content (AvgIpc) is 2.56. The van der Waals surface area contributed by atoms with E-state index in [4.69, 9.17) is 4.98 Å². The van der Waals surface area contributed by atoms with Crippen molar-refractivity contribution in [1.82, 2.24) is 9.88 Å². The summed E-state index contributed by atoms with van der Waals surface area (Å²) in [4.78, 5) is 7.25. The summed E-state index contributed by atoms with van der Waals surface area (Å²) in [6.07, 6.45) is 3.64. The van der Waals surface area contributed by atoms with Crippen molar-refractivity contribution in [2.24, 2.45) is 5.92 Å². The minimum atomic E-state index is 0.383. The number of benzene rings is 1. The van der Waals surface area contributed by atoms with Gasteiger partial charge in [-0.3, -0.25) is 4.98 Å². The van der Waals surface area contributed by atoms with Gasteiger partial charge in [0, 0.05) is 5.56 Å². The highest BCUT2D eigenvalue weighted by Gasteiger charge is 2.19. The lowest BCUT2D eigenvalue weighted by molar-refractivity contribution is 0.236. The molecule has 0 spiro atoms. The monoisotopic (exact) mass is 296 g/mol. The number of hydrogen-bond donors (Lipinski definition) is 0. The van der Waals surface area contributed by atoms with Crippen LogP contribution in [0.3, 0.4) is 0 Å². The Morgan fingerprint density at radius 3 is 2.18 bits per heavy atom. The summed E-state index contributed by atoms with van der Waals surface area (Å²) in [7, 11) is 4.31. The van der Waals surface area contributed by atoms with Crippen LogP contribution in [0.1, 0.15) is 44.8 Å². The highest BCUT2D eigenvalue weighted by Crippen LogP contribution is 2.29. The van der Waals surface area contributed by atoms with Gasteiger partial charge in [0.15, 0.2) is 0 Å². The van der Waals surface area contributed by atoms with Crippen molar-refractivity contribution in [2.45, 2.75) is 39.2 Å². The van der Waals surface area contributed by atoms with Crippen LogP contribution in [0, 0.1) is 5.92 Å². The maximum absolute atomic E-state index is 4.94. The zero-order valence-electron chi connectivity index (χ0n) is 14.3. The summed E-state index contributed by atoms with van der Waals surface area (Å²) in [5, 5.41) is 0. The van der Waals surface area contributed by atoms with Crippen LogP contribution < -0.4 is 0 Å². The van der Waals surface area contributed by atoms with Gasteiger partial charge in [-0.2, -0.15) is 0 Å². The van der Waals surface area contributed by atoms with Gasteiger partial charge in [-0.15, -0.1) is 0 Å². The fourth-order valence-electron chi connectivity index (χ4n) is 2.94. The lowest BCUT2D eigenvalue weighted by Crippen LogP contribution is -2.23. The standard InChI is InChI=1S/C20H28N2/c1-5-16(6-2)15-20(22(3)4)19-14-10-13-18(21-19)17-11-8-7-9-12-17/h7-14,16,20H,5-6,15H2,1-4H3. The van der Waals surface area contributed by atoms with Crippen molar-refractivity contribution >= 4 is 0 Å². The van der Waals surface area contributed by atoms with E-state index in [-0.39, 0.29) is 0 Å². The summed E-state index contributed by atoms with van der Waals surface area (Å²) in [6.45, 7) is 4.57. The van der Waals surface area contributed by atoms with E-state index in [2.05, 4.69) is 75.3 Å². The van der Waals surface area contributed by atoms with Crippen molar-refractivity contribution in [3.63, 3.8) is 0 Å². The number of pyridine rings is 1. The molecule has 2 aromatic rings. The van der Waals surface area contributed by atoms with Gasteiger partial charge in [0.2, 0.25) is 0 Å². The van der Waals surface area contributed by atoms with Crippen molar-refractivity contribution in [3.05, 3.63) is 54.2 Å².